The van der Waals surface area contributed by atoms with Crippen LogP contribution in [0.1, 0.15) is 160 Å². The number of carbonyl (C=O) groups is 8. The molecule has 20 nitrogen and oxygen atoms in total. The van der Waals surface area contributed by atoms with Crippen molar-refractivity contribution in [2.24, 2.45) is 34.6 Å². The van der Waals surface area contributed by atoms with Crippen molar-refractivity contribution < 1.29 is 48.2 Å². The SMILES string of the molecule is C#CCCCCN(C(=O)[C@@H](NC(=O)[C@H]1CCCCN1C)[C@@H](C)CC)[C@H](C[C@@H](OC(C)=O)c1nc(C(=O)N[C@@H](Cc2ccc(NC(=O)[C@H](CCCNC(N)=O)NC(=O)[C@@H](N)C(C)C)cc2)CC(C)(C)C(=O)O)cs1)C(C)C. The van der Waals surface area contributed by atoms with Crippen LogP contribution in [0.15, 0.2) is 29.6 Å². The fourth-order valence-electron chi connectivity index (χ4n) is 9.12. The number of nitrogens with one attached hydrogen (secondary N) is 5. The van der Waals surface area contributed by atoms with Crippen molar-refractivity contribution in [1.29, 1.82) is 0 Å². The average Bonchev–Trinajstić information content (AvgIpc) is 3.86. The quantitative estimate of drug-likeness (QED) is 0.0263. The number of likely N-dealkylation sites (tertiary alicyclic amines) is 1. The normalized spacial score (nSPS) is 16.7. The van der Waals surface area contributed by atoms with Crippen molar-refractivity contribution in [1.82, 2.24) is 36.1 Å². The number of urea groups is 1. The predicted molar refractivity (Wildman–Crippen MR) is 294 cm³/mol. The number of hydrogen-bond acceptors (Lipinski definition) is 13. The summed E-state index contributed by atoms with van der Waals surface area (Å²) in [5, 5.41) is 26.1. The molecule has 422 valence electrons. The number of carboxylic acid groups (broad SMARTS) is 1. The third kappa shape index (κ3) is 20.4. The molecular formula is C55H86N10O10S. The Morgan fingerprint density at radius 3 is 2.24 bits per heavy atom. The predicted octanol–water partition coefficient (Wildman–Crippen LogP) is 5.51. The second-order valence-corrected chi connectivity index (χ2v) is 22.4. The Bertz CT molecular complexity index is 2300. The van der Waals surface area contributed by atoms with E-state index in [9.17, 15) is 43.5 Å². The maximum atomic E-state index is 15.0. The lowest BCUT2D eigenvalue weighted by Gasteiger charge is -2.40. The third-order valence-corrected chi connectivity index (χ3v) is 15.0. The van der Waals surface area contributed by atoms with Gasteiger partial charge >= 0.3 is 18.0 Å². The lowest BCUT2D eigenvalue weighted by atomic mass is 9.84. The number of nitrogens with zero attached hydrogens (tertiary/aromatic N) is 3. The highest BCUT2D eigenvalue weighted by Gasteiger charge is 2.39. The molecule has 0 unspecified atom stereocenters. The monoisotopic (exact) mass is 1080 g/mol. The smallest absolute Gasteiger partial charge is 0.312 e. The molecule has 8 atom stereocenters. The van der Waals surface area contributed by atoms with Gasteiger partial charge in [0.2, 0.25) is 23.6 Å². The van der Waals surface area contributed by atoms with Crippen LogP contribution in [0.3, 0.4) is 0 Å². The summed E-state index contributed by atoms with van der Waals surface area (Å²) in [5.41, 5.74) is 11.1. The van der Waals surface area contributed by atoms with Crippen LogP contribution >= 0.6 is 11.3 Å². The van der Waals surface area contributed by atoms with Crippen LogP contribution in [0, 0.1) is 35.5 Å². The van der Waals surface area contributed by atoms with Crippen LogP contribution in [0.25, 0.3) is 0 Å². The number of aromatic nitrogens is 1. The highest BCUT2D eigenvalue weighted by molar-refractivity contribution is 7.09. The van der Waals surface area contributed by atoms with Gasteiger partial charge in [0.25, 0.3) is 5.91 Å². The minimum atomic E-state index is -1.26. The van der Waals surface area contributed by atoms with Crippen LogP contribution in [-0.2, 0) is 39.9 Å². The number of carboxylic acids is 1. The minimum absolute atomic E-state index is 0.0188. The largest absolute Gasteiger partial charge is 0.481 e. The van der Waals surface area contributed by atoms with Gasteiger partial charge in [-0.25, -0.2) is 9.78 Å². The standard InChI is InChI=1S/C55H86N10O10S/c1-12-14-15-17-28-65(52(71)46(35(7)13-2)63-49(69)42-21-16-18-27-64(42)11)43(33(3)4)30-44(75-36(8)66)51-62-41(32-76-51)48(68)60-39(31-55(9,10)53(72)73)29-37-22-24-38(25-23-37)59-47(67)40(20-19-26-58-54(57)74)61-50(70)45(56)34(5)6/h1,22-25,32-35,39-40,42-46H,13-21,26-31,56H2,2-11H3,(H,59,67)(H,60,68)(H,61,70)(H,63,69)(H,72,73)(H3,57,58,74)/t35-,39-,40-,42+,43+,44+,45-,46-/m0/s1. The molecule has 0 radical (unpaired) electrons. The van der Waals surface area contributed by atoms with Crippen LogP contribution in [0.2, 0.25) is 0 Å². The van der Waals surface area contributed by atoms with E-state index in [1.165, 1.54) is 6.92 Å². The summed E-state index contributed by atoms with van der Waals surface area (Å²) in [4.78, 5) is 114. The Balaban J connectivity index is 1.91. The molecule has 1 aromatic heterocycles. The summed E-state index contributed by atoms with van der Waals surface area (Å²) >= 11 is 1.12. The van der Waals surface area contributed by atoms with Crippen molar-refractivity contribution in [3.05, 3.63) is 45.9 Å². The van der Waals surface area contributed by atoms with Crippen LogP contribution < -0.4 is 38.1 Å². The second-order valence-electron chi connectivity index (χ2n) is 21.5. The zero-order valence-electron chi connectivity index (χ0n) is 46.4. The van der Waals surface area contributed by atoms with E-state index in [1.54, 1.807) is 62.2 Å². The lowest BCUT2D eigenvalue weighted by molar-refractivity contribution is -0.150. The summed E-state index contributed by atoms with van der Waals surface area (Å²) in [5.74, 6) is -1.53. The molecule has 0 bridgehead atoms. The van der Waals surface area contributed by atoms with E-state index in [2.05, 4.69) is 37.5 Å². The van der Waals surface area contributed by atoms with Gasteiger partial charge in [0.15, 0.2) is 6.10 Å². The number of thiazole rings is 1. The summed E-state index contributed by atoms with van der Waals surface area (Å²) in [6, 6.07) is 1.84. The number of carbonyl (C=O) groups excluding carboxylic acids is 7. The number of unbranched alkanes of at least 4 members (excludes halogenated alkanes) is 2. The van der Waals surface area contributed by atoms with Crippen LogP contribution in [0.5, 0.6) is 0 Å². The Morgan fingerprint density at radius 1 is 0.974 bits per heavy atom. The number of aliphatic carboxylic acids is 1. The molecule has 0 saturated carbocycles. The second kappa shape index (κ2) is 31.2. The average molecular weight is 1080 g/mol. The van der Waals surface area contributed by atoms with E-state index in [-0.39, 0.29) is 73.5 Å². The topological polar surface area (TPSA) is 298 Å². The molecule has 1 aliphatic heterocycles. The number of nitrogens with two attached hydrogens (primary N) is 2. The molecule has 0 aliphatic carbocycles. The maximum absolute atomic E-state index is 15.0. The summed E-state index contributed by atoms with van der Waals surface area (Å²) < 4.78 is 5.94. The maximum Gasteiger partial charge on any atom is 0.312 e. The van der Waals surface area contributed by atoms with Gasteiger partial charge in [-0.2, -0.15) is 0 Å². The molecule has 1 aliphatic rings. The van der Waals surface area contributed by atoms with Gasteiger partial charge in [0.05, 0.1) is 17.5 Å². The summed E-state index contributed by atoms with van der Waals surface area (Å²) in [6.07, 6.45) is 10.6. The van der Waals surface area contributed by atoms with Crippen LogP contribution in [0.4, 0.5) is 10.5 Å². The number of anilines is 1. The number of amides is 7. The number of benzene rings is 1. The van der Waals surface area contributed by atoms with E-state index in [0.717, 1.165) is 30.7 Å². The van der Waals surface area contributed by atoms with E-state index < -0.39 is 77.4 Å². The first kappa shape index (κ1) is 64.2. The zero-order valence-corrected chi connectivity index (χ0v) is 47.2. The van der Waals surface area contributed by atoms with Crippen LogP contribution in [-0.4, -0.2) is 130 Å². The first-order valence-corrected chi connectivity index (χ1v) is 27.6. The first-order chi connectivity index (χ1) is 35.8. The van der Waals surface area contributed by atoms with Gasteiger partial charge in [0.1, 0.15) is 22.8 Å². The molecular weight excluding hydrogens is 993 g/mol. The number of primary amides is 1. The number of ether oxygens (including phenoxy) is 1. The lowest BCUT2D eigenvalue weighted by Crippen LogP contribution is -2.59. The van der Waals surface area contributed by atoms with Gasteiger partial charge in [-0.1, -0.05) is 66.5 Å². The third-order valence-electron chi connectivity index (χ3n) is 14.1. The number of esters is 1. The molecule has 76 heavy (non-hydrogen) atoms. The number of likely N-dealkylation sites (N-methyl/N-ethyl adjacent to an activating group) is 1. The van der Waals surface area contributed by atoms with Crippen molar-refractivity contribution in [3.8, 4) is 12.3 Å². The Morgan fingerprint density at radius 2 is 1.66 bits per heavy atom. The molecule has 7 amide bonds. The minimum Gasteiger partial charge on any atom is -0.481 e. The van der Waals surface area contributed by atoms with E-state index in [4.69, 9.17) is 22.6 Å². The van der Waals surface area contributed by atoms with E-state index >= 15 is 0 Å². The molecule has 3 rings (SSSR count). The molecule has 2 heterocycles. The highest BCUT2D eigenvalue weighted by Crippen LogP contribution is 2.33. The van der Waals surface area contributed by atoms with Crippen molar-refractivity contribution in [3.63, 3.8) is 0 Å². The Labute approximate surface area is 453 Å². The molecule has 10 N–H and O–H groups in total. The van der Waals surface area contributed by atoms with Crippen molar-refractivity contribution in [2.75, 3.05) is 32.0 Å². The highest BCUT2D eigenvalue weighted by atomic mass is 32.1. The Kier molecular flexibility index (Phi) is 26.3. The first-order valence-electron chi connectivity index (χ1n) is 26.7. The van der Waals surface area contributed by atoms with Gasteiger partial charge in [-0.3, -0.25) is 38.5 Å². The number of piperidine rings is 1. The molecule has 1 saturated heterocycles. The van der Waals surface area contributed by atoms with Gasteiger partial charge in [0, 0.05) is 56.0 Å². The summed E-state index contributed by atoms with van der Waals surface area (Å²) in [6.45, 7) is 17.2. The molecule has 2 aromatic rings. The van der Waals surface area contributed by atoms with Crippen molar-refractivity contribution >= 4 is 64.5 Å². The fourth-order valence-corrected chi connectivity index (χ4v) is 9.96. The fraction of sp³-hybridized carbons (Fsp3) is 0.655. The van der Waals surface area contributed by atoms with E-state index in [1.807, 2.05) is 39.6 Å². The summed E-state index contributed by atoms with van der Waals surface area (Å²) in [7, 11) is 1.93. The van der Waals surface area contributed by atoms with Gasteiger partial charge < -0.3 is 52.8 Å². The molecule has 21 heteroatoms. The van der Waals surface area contributed by atoms with E-state index in [0.29, 0.717) is 61.3 Å². The van der Waals surface area contributed by atoms with Gasteiger partial charge in [-0.15, -0.1) is 23.7 Å². The Hall–Kier alpha value is -6.11. The van der Waals surface area contributed by atoms with Crippen molar-refractivity contribution in [2.45, 2.75) is 182 Å². The number of terminal acetylenes is 1. The molecule has 1 aromatic carbocycles. The van der Waals surface area contributed by atoms with Gasteiger partial charge in [-0.05, 0) is 114 Å². The number of rotatable bonds is 31. The molecule has 1 fully saturated rings. The number of hydrogen-bond donors (Lipinski definition) is 8. The zero-order chi connectivity index (χ0) is 56.9. The molecule has 0 spiro atoms.